The van der Waals surface area contributed by atoms with Crippen molar-refractivity contribution in [1.29, 1.82) is 5.26 Å². The van der Waals surface area contributed by atoms with Gasteiger partial charge in [0.15, 0.2) is 0 Å². The molecule has 0 bridgehead atoms. The van der Waals surface area contributed by atoms with Crippen molar-refractivity contribution < 1.29 is 5.11 Å². The molecule has 0 atom stereocenters. The summed E-state index contributed by atoms with van der Waals surface area (Å²) < 4.78 is 0. The molecule has 0 aromatic rings. The minimum Gasteiger partial charge on any atom is -0.389 e. The lowest BCUT2D eigenvalue weighted by Gasteiger charge is -2.32. The number of nitriles is 1. The molecule has 0 spiro atoms. The summed E-state index contributed by atoms with van der Waals surface area (Å²) in [6.07, 6.45) is 7.34. The average Bonchev–Trinajstić information content (AvgIpc) is 2.29. The van der Waals surface area contributed by atoms with Crippen molar-refractivity contribution in [1.82, 2.24) is 5.32 Å². The molecule has 0 amide bonds. The van der Waals surface area contributed by atoms with Crippen LogP contribution in [0.25, 0.3) is 0 Å². The van der Waals surface area contributed by atoms with Crippen LogP contribution < -0.4 is 5.32 Å². The second-order valence-electron chi connectivity index (χ2n) is 6.06. The fraction of sp³-hybridized carbons (Fsp3) is 0.929. The van der Waals surface area contributed by atoms with E-state index in [4.69, 9.17) is 5.26 Å². The molecule has 1 aliphatic carbocycles. The predicted molar refractivity (Wildman–Crippen MR) is 69.5 cm³/mol. The quantitative estimate of drug-likeness (QED) is 0.699. The normalized spacial score (nSPS) is 19.9. The third-order valence-electron chi connectivity index (χ3n) is 3.70. The first kappa shape index (κ1) is 14.5. The Morgan fingerprint density at radius 2 is 1.94 bits per heavy atom. The Kier molecular flexibility index (Phi) is 5.42. The van der Waals surface area contributed by atoms with Crippen LogP contribution in [0.2, 0.25) is 0 Å². The van der Waals surface area contributed by atoms with Gasteiger partial charge >= 0.3 is 0 Å². The molecule has 98 valence electrons. The highest BCUT2D eigenvalue weighted by molar-refractivity contribution is 4.91. The van der Waals surface area contributed by atoms with Crippen LogP contribution >= 0.6 is 0 Å². The number of aliphatic hydroxyl groups is 1. The van der Waals surface area contributed by atoms with Gasteiger partial charge in [-0.15, -0.1) is 0 Å². The van der Waals surface area contributed by atoms with Gasteiger partial charge in [0.05, 0.1) is 17.1 Å². The van der Waals surface area contributed by atoms with Gasteiger partial charge in [-0.1, -0.05) is 19.3 Å². The summed E-state index contributed by atoms with van der Waals surface area (Å²) in [6.45, 7) is 5.55. The van der Waals surface area contributed by atoms with Crippen LogP contribution in [-0.2, 0) is 0 Å². The Balaban J connectivity index is 2.10. The molecule has 1 rings (SSSR count). The largest absolute Gasteiger partial charge is 0.389 e. The van der Waals surface area contributed by atoms with Gasteiger partial charge in [0.1, 0.15) is 0 Å². The third kappa shape index (κ3) is 5.52. The Morgan fingerprint density at radius 3 is 2.53 bits per heavy atom. The van der Waals surface area contributed by atoms with E-state index in [2.05, 4.69) is 11.4 Å². The van der Waals surface area contributed by atoms with Crippen LogP contribution in [0.3, 0.4) is 0 Å². The van der Waals surface area contributed by atoms with E-state index in [0.29, 0.717) is 6.54 Å². The average molecular weight is 238 g/mol. The maximum Gasteiger partial charge on any atom is 0.0771 e. The van der Waals surface area contributed by atoms with Gasteiger partial charge < -0.3 is 10.4 Å². The second kappa shape index (κ2) is 6.37. The standard InChI is InChI=1S/C14H26N2O/c1-13(2,11-15)7-6-10-16-12-14(17)8-4-3-5-9-14/h16-17H,3-10,12H2,1-2H3. The first-order valence-electron chi connectivity index (χ1n) is 6.82. The van der Waals surface area contributed by atoms with Gasteiger partial charge in [0.25, 0.3) is 0 Å². The molecule has 1 fully saturated rings. The van der Waals surface area contributed by atoms with Crippen molar-refractivity contribution in [3.63, 3.8) is 0 Å². The maximum absolute atomic E-state index is 10.3. The maximum atomic E-state index is 10.3. The lowest BCUT2D eigenvalue weighted by atomic mass is 9.85. The lowest BCUT2D eigenvalue weighted by Crippen LogP contribution is -2.42. The molecule has 0 aromatic carbocycles. The van der Waals surface area contributed by atoms with E-state index in [1.807, 2.05) is 13.8 Å². The molecule has 0 aliphatic heterocycles. The van der Waals surface area contributed by atoms with Crippen LogP contribution in [0, 0.1) is 16.7 Å². The topological polar surface area (TPSA) is 56.0 Å². The van der Waals surface area contributed by atoms with E-state index in [1.165, 1.54) is 6.42 Å². The van der Waals surface area contributed by atoms with Crippen LogP contribution in [0.5, 0.6) is 0 Å². The number of rotatable bonds is 6. The zero-order valence-electron chi connectivity index (χ0n) is 11.3. The predicted octanol–water partition coefficient (Wildman–Crippen LogP) is 2.60. The summed E-state index contributed by atoms with van der Waals surface area (Å²) in [7, 11) is 0. The van der Waals surface area contributed by atoms with E-state index >= 15 is 0 Å². The fourth-order valence-corrected chi connectivity index (χ4v) is 2.42. The monoisotopic (exact) mass is 238 g/mol. The molecule has 1 aliphatic rings. The number of hydrogen-bond acceptors (Lipinski definition) is 3. The highest BCUT2D eigenvalue weighted by atomic mass is 16.3. The molecule has 3 nitrogen and oxygen atoms in total. The van der Waals surface area contributed by atoms with Crippen molar-refractivity contribution in [2.75, 3.05) is 13.1 Å². The number of nitrogens with one attached hydrogen (secondary N) is 1. The third-order valence-corrected chi connectivity index (χ3v) is 3.70. The van der Waals surface area contributed by atoms with E-state index < -0.39 is 5.60 Å². The molecule has 0 heterocycles. The van der Waals surface area contributed by atoms with Crippen LogP contribution in [0.1, 0.15) is 58.8 Å². The van der Waals surface area contributed by atoms with Crippen molar-refractivity contribution in [2.24, 2.45) is 5.41 Å². The van der Waals surface area contributed by atoms with Crippen molar-refractivity contribution in [3.05, 3.63) is 0 Å². The summed E-state index contributed by atoms with van der Waals surface area (Å²) in [5, 5.41) is 22.5. The lowest BCUT2D eigenvalue weighted by molar-refractivity contribution is 0.00497. The van der Waals surface area contributed by atoms with Gasteiger partial charge in [-0.2, -0.15) is 5.26 Å². The van der Waals surface area contributed by atoms with Crippen molar-refractivity contribution in [3.8, 4) is 6.07 Å². The first-order chi connectivity index (χ1) is 7.97. The van der Waals surface area contributed by atoms with E-state index in [0.717, 1.165) is 45.1 Å². The summed E-state index contributed by atoms with van der Waals surface area (Å²) >= 11 is 0. The Bertz CT molecular complexity index is 262. The Morgan fingerprint density at radius 1 is 1.29 bits per heavy atom. The van der Waals surface area contributed by atoms with E-state index in [9.17, 15) is 5.11 Å². The Hall–Kier alpha value is -0.590. The van der Waals surface area contributed by atoms with Crippen LogP contribution in [0.15, 0.2) is 0 Å². The second-order valence-corrected chi connectivity index (χ2v) is 6.06. The van der Waals surface area contributed by atoms with Crippen LogP contribution in [0.4, 0.5) is 0 Å². The van der Waals surface area contributed by atoms with E-state index in [-0.39, 0.29) is 5.41 Å². The molecule has 0 aromatic heterocycles. The highest BCUT2D eigenvalue weighted by Gasteiger charge is 2.28. The van der Waals surface area contributed by atoms with Gasteiger partial charge in [0.2, 0.25) is 0 Å². The van der Waals surface area contributed by atoms with Gasteiger partial charge in [0, 0.05) is 6.54 Å². The minimum atomic E-state index is -0.469. The summed E-state index contributed by atoms with van der Waals surface area (Å²) in [5.41, 5.74) is -0.688. The summed E-state index contributed by atoms with van der Waals surface area (Å²) in [5.74, 6) is 0. The zero-order chi connectivity index (χ0) is 12.8. The number of nitrogens with zero attached hydrogens (tertiary/aromatic N) is 1. The molecular weight excluding hydrogens is 212 g/mol. The highest BCUT2D eigenvalue weighted by Crippen LogP contribution is 2.27. The smallest absolute Gasteiger partial charge is 0.0771 e. The van der Waals surface area contributed by atoms with Gasteiger partial charge in [-0.05, 0) is 46.1 Å². The molecule has 1 saturated carbocycles. The molecule has 0 unspecified atom stereocenters. The molecular formula is C14H26N2O. The SMILES string of the molecule is CC(C)(C#N)CCCNCC1(O)CCCCC1. The van der Waals surface area contributed by atoms with Gasteiger partial charge in [-0.3, -0.25) is 0 Å². The molecule has 17 heavy (non-hydrogen) atoms. The first-order valence-corrected chi connectivity index (χ1v) is 6.82. The molecule has 0 radical (unpaired) electrons. The van der Waals surface area contributed by atoms with Crippen molar-refractivity contribution in [2.45, 2.75) is 64.4 Å². The Labute approximate surface area is 105 Å². The van der Waals surface area contributed by atoms with Crippen LogP contribution in [-0.4, -0.2) is 23.8 Å². The zero-order valence-corrected chi connectivity index (χ0v) is 11.3. The van der Waals surface area contributed by atoms with E-state index in [1.54, 1.807) is 0 Å². The van der Waals surface area contributed by atoms with Gasteiger partial charge in [-0.25, -0.2) is 0 Å². The number of hydrogen-bond donors (Lipinski definition) is 2. The molecule has 0 saturated heterocycles. The van der Waals surface area contributed by atoms with Crippen molar-refractivity contribution >= 4 is 0 Å². The molecule has 3 heteroatoms. The minimum absolute atomic E-state index is 0.219. The molecule has 2 N–H and O–H groups in total. The summed E-state index contributed by atoms with van der Waals surface area (Å²) in [4.78, 5) is 0. The summed E-state index contributed by atoms with van der Waals surface area (Å²) in [6, 6.07) is 2.31. The fourth-order valence-electron chi connectivity index (χ4n) is 2.42.